The Labute approximate surface area is 225 Å². The summed E-state index contributed by atoms with van der Waals surface area (Å²) in [7, 11) is 1.44. The van der Waals surface area contributed by atoms with Gasteiger partial charge < -0.3 is 24.6 Å². The van der Waals surface area contributed by atoms with Crippen molar-refractivity contribution in [2.75, 3.05) is 26.7 Å². The van der Waals surface area contributed by atoms with Crippen molar-refractivity contribution in [3.63, 3.8) is 0 Å². The van der Waals surface area contributed by atoms with Crippen LogP contribution in [0.25, 0.3) is 0 Å². The molecule has 37 heavy (non-hydrogen) atoms. The fourth-order valence-electron chi connectivity index (χ4n) is 6.32. The number of halogens is 1. The Hall–Kier alpha value is -2.96. The molecule has 0 radical (unpaired) electrons. The van der Waals surface area contributed by atoms with Crippen LogP contribution >= 0.6 is 15.9 Å². The molecule has 8 heteroatoms. The van der Waals surface area contributed by atoms with Gasteiger partial charge in [-0.3, -0.25) is 0 Å². The monoisotopic (exact) mass is 563 g/mol. The Morgan fingerprint density at radius 3 is 2.41 bits per heavy atom. The van der Waals surface area contributed by atoms with E-state index in [9.17, 15) is 15.5 Å². The Kier molecular flexibility index (Phi) is 6.75. The molecule has 2 aromatic carbocycles. The van der Waals surface area contributed by atoms with Crippen molar-refractivity contribution in [1.82, 2.24) is 9.88 Å². The van der Waals surface area contributed by atoms with Crippen LogP contribution in [0.15, 0.2) is 65.1 Å². The summed E-state index contributed by atoms with van der Waals surface area (Å²) in [5, 5.41) is 34.6. The molecule has 1 aliphatic heterocycles. The fourth-order valence-corrected chi connectivity index (χ4v) is 6.58. The molecular weight excluding hydrogens is 534 g/mol. The van der Waals surface area contributed by atoms with Crippen molar-refractivity contribution >= 4 is 15.9 Å². The zero-order chi connectivity index (χ0) is 26.4. The van der Waals surface area contributed by atoms with Crippen molar-refractivity contribution in [2.24, 2.45) is 5.92 Å². The quantitative estimate of drug-likeness (QED) is 0.441. The van der Waals surface area contributed by atoms with E-state index in [1.807, 2.05) is 60.7 Å². The molecule has 5 atom stereocenters. The summed E-state index contributed by atoms with van der Waals surface area (Å²) in [6.07, 6.45) is -1.22. The third-order valence-corrected chi connectivity index (χ3v) is 8.50. The summed E-state index contributed by atoms with van der Waals surface area (Å²) < 4.78 is 13.3. The summed E-state index contributed by atoms with van der Waals surface area (Å²) in [6.45, 7) is 6.34. The first-order valence-corrected chi connectivity index (χ1v) is 13.3. The van der Waals surface area contributed by atoms with Crippen molar-refractivity contribution in [1.29, 1.82) is 5.26 Å². The Morgan fingerprint density at radius 2 is 1.81 bits per heavy atom. The molecule has 5 unspecified atom stereocenters. The van der Waals surface area contributed by atoms with E-state index in [0.29, 0.717) is 12.1 Å². The van der Waals surface area contributed by atoms with Crippen LogP contribution in [0.2, 0.25) is 0 Å². The molecule has 2 N–H and O–H groups in total. The highest BCUT2D eigenvalue weighted by Crippen LogP contribution is 2.69. The largest absolute Gasteiger partial charge is 0.481 e. The number of aromatic nitrogens is 1. The SMILES string of the molecule is CCN(CC)CC1C(O)C2(O)c3c(cc(C#N)nc3OC)OC2(c2ccc(Br)cc2)C1c1ccccc1. The lowest BCUT2D eigenvalue weighted by atomic mass is 9.71. The van der Waals surface area contributed by atoms with E-state index in [4.69, 9.17) is 9.47 Å². The maximum absolute atomic E-state index is 12.9. The minimum Gasteiger partial charge on any atom is -0.481 e. The number of hydrogen-bond acceptors (Lipinski definition) is 7. The van der Waals surface area contributed by atoms with Gasteiger partial charge in [-0.25, -0.2) is 4.98 Å². The first kappa shape index (κ1) is 25.7. The van der Waals surface area contributed by atoms with E-state index in [0.717, 1.165) is 23.1 Å². The first-order valence-electron chi connectivity index (χ1n) is 12.5. The minimum atomic E-state index is -1.90. The summed E-state index contributed by atoms with van der Waals surface area (Å²) in [6, 6.07) is 21.1. The lowest BCUT2D eigenvalue weighted by Gasteiger charge is -2.41. The molecule has 1 fully saturated rings. The van der Waals surface area contributed by atoms with Crippen molar-refractivity contribution in [3.8, 4) is 17.7 Å². The minimum absolute atomic E-state index is 0.0740. The number of pyridine rings is 1. The summed E-state index contributed by atoms with van der Waals surface area (Å²) in [5.74, 6) is -0.456. The molecule has 0 amide bonds. The molecule has 192 valence electrons. The highest BCUT2D eigenvalue weighted by Gasteiger charge is 2.77. The smallest absolute Gasteiger partial charge is 0.224 e. The fraction of sp³-hybridized carbons (Fsp3) is 0.379. The number of hydrogen-bond donors (Lipinski definition) is 2. The number of nitrogens with zero attached hydrogens (tertiary/aromatic N) is 3. The van der Waals surface area contributed by atoms with Crippen molar-refractivity contribution in [2.45, 2.75) is 37.1 Å². The van der Waals surface area contributed by atoms with Gasteiger partial charge in [0.2, 0.25) is 5.88 Å². The molecule has 3 aromatic rings. The number of benzene rings is 2. The van der Waals surface area contributed by atoms with Gasteiger partial charge in [-0.2, -0.15) is 5.26 Å². The standard InChI is InChI=1S/C29H30BrN3O4/c1-4-33(5-2)17-22-24(18-9-7-6-8-10-18)29(19-11-13-20(30)14-12-19)28(35,26(22)34)25-23(37-29)15-21(16-31)32-27(25)36-3/h6-15,22,24,26,34-35H,4-5,17H2,1-3H3. The predicted octanol–water partition coefficient (Wildman–Crippen LogP) is 4.32. The van der Waals surface area contributed by atoms with Crippen LogP contribution in [0.1, 0.15) is 42.1 Å². The van der Waals surface area contributed by atoms with E-state index in [2.05, 4.69) is 39.7 Å². The van der Waals surface area contributed by atoms with Crippen LogP contribution in [0.4, 0.5) is 0 Å². The molecule has 1 aliphatic carbocycles. The van der Waals surface area contributed by atoms with Crippen LogP contribution in [0.5, 0.6) is 11.6 Å². The van der Waals surface area contributed by atoms with Gasteiger partial charge in [0, 0.05) is 28.9 Å². The normalized spacial score (nSPS) is 27.9. The zero-order valence-corrected chi connectivity index (χ0v) is 22.6. The number of nitriles is 1. The zero-order valence-electron chi connectivity index (χ0n) is 21.1. The van der Waals surface area contributed by atoms with Gasteiger partial charge in [0.15, 0.2) is 11.2 Å². The van der Waals surface area contributed by atoms with E-state index in [1.165, 1.54) is 13.2 Å². The molecule has 5 rings (SSSR count). The molecule has 7 nitrogen and oxygen atoms in total. The maximum atomic E-state index is 12.9. The topological polar surface area (TPSA) is 98.8 Å². The third-order valence-electron chi connectivity index (χ3n) is 7.97. The van der Waals surface area contributed by atoms with Crippen molar-refractivity contribution in [3.05, 3.63) is 87.5 Å². The number of methoxy groups -OCH3 is 1. The number of fused-ring (bicyclic) bond motifs is 3. The lowest BCUT2D eigenvalue weighted by molar-refractivity contribution is -0.152. The Balaban J connectivity index is 1.85. The van der Waals surface area contributed by atoms with Crippen molar-refractivity contribution < 1.29 is 19.7 Å². The van der Waals surface area contributed by atoms with Crippen LogP contribution in [0.3, 0.4) is 0 Å². The predicted molar refractivity (Wildman–Crippen MR) is 142 cm³/mol. The first-order chi connectivity index (χ1) is 17.8. The van der Waals surface area contributed by atoms with Crippen LogP contribution in [0, 0.1) is 17.2 Å². The number of aliphatic hydroxyl groups excluding tert-OH is 1. The van der Waals surface area contributed by atoms with Gasteiger partial charge in [0.05, 0.1) is 18.8 Å². The number of ether oxygens (including phenoxy) is 2. The second-order valence-corrected chi connectivity index (χ2v) is 10.5. The molecule has 1 saturated carbocycles. The second kappa shape index (κ2) is 9.73. The second-order valence-electron chi connectivity index (χ2n) is 9.60. The van der Waals surface area contributed by atoms with Gasteiger partial charge in [-0.1, -0.05) is 72.2 Å². The summed E-state index contributed by atoms with van der Waals surface area (Å²) in [4.78, 5) is 6.57. The van der Waals surface area contributed by atoms with Crippen LogP contribution in [-0.4, -0.2) is 52.9 Å². The Morgan fingerprint density at radius 1 is 1.14 bits per heavy atom. The van der Waals surface area contributed by atoms with Gasteiger partial charge in [0.1, 0.15) is 17.5 Å². The lowest BCUT2D eigenvalue weighted by Crippen LogP contribution is -2.52. The molecule has 2 heterocycles. The van der Waals surface area contributed by atoms with Gasteiger partial charge in [-0.15, -0.1) is 0 Å². The van der Waals surface area contributed by atoms with Gasteiger partial charge >= 0.3 is 0 Å². The molecule has 0 bridgehead atoms. The summed E-state index contributed by atoms with van der Waals surface area (Å²) in [5.41, 5.74) is -1.27. The maximum Gasteiger partial charge on any atom is 0.224 e. The van der Waals surface area contributed by atoms with Gasteiger partial charge in [0.25, 0.3) is 0 Å². The molecule has 0 saturated heterocycles. The van der Waals surface area contributed by atoms with Gasteiger partial charge in [-0.05, 0) is 36.3 Å². The van der Waals surface area contributed by atoms with Crippen LogP contribution in [-0.2, 0) is 11.2 Å². The van der Waals surface area contributed by atoms with E-state index in [1.54, 1.807) is 0 Å². The van der Waals surface area contributed by atoms with E-state index in [-0.39, 0.29) is 28.8 Å². The van der Waals surface area contributed by atoms with Crippen LogP contribution < -0.4 is 9.47 Å². The third kappa shape index (κ3) is 3.68. The average molecular weight is 564 g/mol. The Bertz CT molecular complexity index is 1330. The molecule has 1 aromatic heterocycles. The average Bonchev–Trinajstić information content (AvgIpc) is 3.29. The molecular formula is C29H30BrN3O4. The number of rotatable bonds is 7. The molecule has 0 spiro atoms. The van der Waals surface area contributed by atoms with E-state index >= 15 is 0 Å². The molecule has 2 aliphatic rings. The van der Waals surface area contributed by atoms with E-state index < -0.39 is 23.2 Å². The highest BCUT2D eigenvalue weighted by atomic mass is 79.9. The summed E-state index contributed by atoms with van der Waals surface area (Å²) >= 11 is 3.52. The number of aliphatic hydroxyl groups is 2. The highest BCUT2D eigenvalue weighted by molar-refractivity contribution is 9.10.